The van der Waals surface area contributed by atoms with Crippen LogP contribution in [0.25, 0.3) is 0 Å². The predicted octanol–water partition coefficient (Wildman–Crippen LogP) is 7.51. The molecular weight excluding hydrogens is 316 g/mol. The smallest absolute Gasteiger partial charge is 0.0543 e. The van der Waals surface area contributed by atoms with E-state index < -0.39 is 0 Å². The Bertz CT molecular complexity index is 370. The molecule has 0 heterocycles. The van der Waals surface area contributed by atoms with Crippen LogP contribution in [-0.2, 0) is 0 Å². The van der Waals surface area contributed by atoms with Gasteiger partial charge in [-0.15, -0.1) is 0 Å². The minimum atomic E-state index is 0.0190. The Balaban J connectivity index is 1.33. The fourth-order valence-corrected chi connectivity index (χ4v) is 6.84. The van der Waals surface area contributed by atoms with Crippen LogP contribution in [-0.4, -0.2) is 11.2 Å². The first kappa shape index (κ1) is 20.7. The number of aliphatic hydroxyl groups excluding tert-OH is 1. The molecule has 0 bridgehead atoms. The zero-order valence-electron chi connectivity index (χ0n) is 17.6. The monoisotopic (exact) mass is 362 g/mol. The van der Waals surface area contributed by atoms with E-state index in [9.17, 15) is 5.11 Å². The summed E-state index contributed by atoms with van der Waals surface area (Å²) in [7, 11) is 0. The van der Waals surface area contributed by atoms with E-state index in [0.29, 0.717) is 0 Å². The molecule has 3 rings (SSSR count). The zero-order chi connectivity index (χ0) is 18.2. The highest BCUT2D eigenvalue weighted by Crippen LogP contribution is 2.50. The average molecular weight is 363 g/mol. The summed E-state index contributed by atoms with van der Waals surface area (Å²) in [5.41, 5.74) is 0. The molecule has 0 aromatic heterocycles. The summed E-state index contributed by atoms with van der Waals surface area (Å²) in [6.45, 7) is 2.31. The maximum Gasteiger partial charge on any atom is 0.0543 e. The normalized spacial score (nSPS) is 38.1. The van der Waals surface area contributed by atoms with Crippen LogP contribution < -0.4 is 0 Å². The van der Waals surface area contributed by atoms with Gasteiger partial charge in [0.05, 0.1) is 6.10 Å². The number of aliphatic hydroxyl groups is 1. The SMILES string of the molecule is CCCCCCCCCC1CCC(C2CCCC3CCC(O)CC32)CC1. The van der Waals surface area contributed by atoms with Gasteiger partial charge < -0.3 is 5.11 Å². The van der Waals surface area contributed by atoms with E-state index in [1.54, 1.807) is 0 Å². The van der Waals surface area contributed by atoms with Crippen LogP contribution in [0.4, 0.5) is 0 Å². The Hall–Kier alpha value is -0.0400. The van der Waals surface area contributed by atoms with E-state index in [1.165, 1.54) is 103 Å². The summed E-state index contributed by atoms with van der Waals surface area (Å²) in [6, 6.07) is 0. The van der Waals surface area contributed by atoms with Crippen molar-refractivity contribution < 1.29 is 5.11 Å². The lowest BCUT2D eigenvalue weighted by atomic mass is 9.59. The van der Waals surface area contributed by atoms with Crippen molar-refractivity contribution in [1.29, 1.82) is 0 Å². The van der Waals surface area contributed by atoms with Gasteiger partial charge >= 0.3 is 0 Å². The van der Waals surface area contributed by atoms with Crippen molar-refractivity contribution in [1.82, 2.24) is 0 Å². The molecule has 3 aliphatic carbocycles. The second-order valence-corrected chi connectivity index (χ2v) is 10.2. The van der Waals surface area contributed by atoms with Crippen molar-refractivity contribution in [3.63, 3.8) is 0 Å². The lowest BCUT2D eigenvalue weighted by Gasteiger charge is -2.47. The summed E-state index contributed by atoms with van der Waals surface area (Å²) in [4.78, 5) is 0. The van der Waals surface area contributed by atoms with Gasteiger partial charge in [0, 0.05) is 0 Å². The molecule has 0 amide bonds. The molecule has 0 saturated heterocycles. The molecule has 1 nitrogen and oxygen atoms in total. The second-order valence-electron chi connectivity index (χ2n) is 10.2. The predicted molar refractivity (Wildman–Crippen MR) is 112 cm³/mol. The quantitative estimate of drug-likeness (QED) is 0.421. The lowest BCUT2D eigenvalue weighted by Crippen LogP contribution is -2.39. The van der Waals surface area contributed by atoms with Crippen molar-refractivity contribution in [2.45, 2.75) is 129 Å². The highest BCUT2D eigenvalue weighted by atomic mass is 16.3. The molecule has 0 spiro atoms. The fourth-order valence-electron chi connectivity index (χ4n) is 6.84. The molecule has 26 heavy (non-hydrogen) atoms. The molecule has 152 valence electrons. The number of fused-ring (bicyclic) bond motifs is 1. The number of rotatable bonds is 9. The molecule has 1 N–H and O–H groups in total. The van der Waals surface area contributed by atoms with E-state index in [1.807, 2.05) is 0 Å². The summed E-state index contributed by atoms with van der Waals surface area (Å²) in [5.74, 6) is 4.83. The van der Waals surface area contributed by atoms with Crippen molar-refractivity contribution >= 4 is 0 Å². The Morgan fingerprint density at radius 1 is 0.654 bits per heavy atom. The molecule has 0 aromatic rings. The maximum atomic E-state index is 10.2. The minimum Gasteiger partial charge on any atom is -0.393 e. The minimum absolute atomic E-state index is 0.0190. The van der Waals surface area contributed by atoms with Gasteiger partial charge in [0.1, 0.15) is 0 Å². The molecular formula is C25H46O. The third-order valence-corrected chi connectivity index (χ3v) is 8.40. The molecule has 3 aliphatic rings. The Labute approximate surface area is 163 Å². The highest BCUT2D eigenvalue weighted by Gasteiger charge is 2.41. The van der Waals surface area contributed by atoms with Crippen molar-refractivity contribution in [3.05, 3.63) is 0 Å². The van der Waals surface area contributed by atoms with Crippen molar-refractivity contribution in [3.8, 4) is 0 Å². The first-order valence-electron chi connectivity index (χ1n) is 12.5. The Morgan fingerprint density at radius 2 is 1.31 bits per heavy atom. The Morgan fingerprint density at radius 3 is 2.08 bits per heavy atom. The lowest BCUT2D eigenvalue weighted by molar-refractivity contribution is -0.00961. The van der Waals surface area contributed by atoms with Crippen LogP contribution in [0.2, 0.25) is 0 Å². The molecule has 3 saturated carbocycles. The van der Waals surface area contributed by atoms with Gasteiger partial charge in [-0.1, -0.05) is 84.0 Å². The third-order valence-electron chi connectivity index (χ3n) is 8.40. The summed E-state index contributed by atoms with van der Waals surface area (Å²) < 4.78 is 0. The van der Waals surface area contributed by atoms with Crippen LogP contribution in [0.5, 0.6) is 0 Å². The van der Waals surface area contributed by atoms with Gasteiger partial charge in [0.15, 0.2) is 0 Å². The molecule has 3 fully saturated rings. The summed E-state index contributed by atoms with van der Waals surface area (Å²) in [6.07, 6.45) is 25.7. The number of hydrogen-bond donors (Lipinski definition) is 1. The van der Waals surface area contributed by atoms with E-state index in [4.69, 9.17) is 0 Å². The maximum absolute atomic E-state index is 10.2. The Kier molecular flexibility index (Phi) is 8.82. The van der Waals surface area contributed by atoms with Crippen molar-refractivity contribution in [2.75, 3.05) is 0 Å². The van der Waals surface area contributed by atoms with Gasteiger partial charge in [-0.3, -0.25) is 0 Å². The standard InChI is InChI=1S/C25H46O/c1-2-3-4-5-6-7-8-10-20-13-15-22(16-14-20)24-12-9-11-21-17-18-23(26)19-25(21)24/h20-26H,2-19H2,1H3. The van der Waals surface area contributed by atoms with E-state index >= 15 is 0 Å². The van der Waals surface area contributed by atoms with Gasteiger partial charge in [-0.2, -0.15) is 0 Å². The van der Waals surface area contributed by atoms with Crippen molar-refractivity contribution in [2.24, 2.45) is 29.6 Å². The summed E-state index contributed by atoms with van der Waals surface area (Å²) >= 11 is 0. The van der Waals surface area contributed by atoms with Crippen LogP contribution >= 0.6 is 0 Å². The first-order chi connectivity index (χ1) is 12.8. The summed E-state index contributed by atoms with van der Waals surface area (Å²) in [5, 5.41) is 10.2. The van der Waals surface area contributed by atoms with E-state index in [-0.39, 0.29) is 6.10 Å². The first-order valence-corrected chi connectivity index (χ1v) is 12.5. The van der Waals surface area contributed by atoms with E-state index in [0.717, 1.165) is 42.4 Å². The number of unbranched alkanes of at least 4 members (excludes halogenated alkanes) is 6. The van der Waals surface area contributed by atoms with Gasteiger partial charge in [0.25, 0.3) is 0 Å². The van der Waals surface area contributed by atoms with Crippen LogP contribution in [0.3, 0.4) is 0 Å². The zero-order valence-corrected chi connectivity index (χ0v) is 17.6. The number of hydrogen-bond acceptors (Lipinski definition) is 1. The van der Waals surface area contributed by atoms with Crippen LogP contribution in [0.15, 0.2) is 0 Å². The molecule has 4 atom stereocenters. The third kappa shape index (κ3) is 5.98. The van der Waals surface area contributed by atoms with E-state index in [2.05, 4.69) is 6.92 Å². The van der Waals surface area contributed by atoms with Gasteiger partial charge in [0.2, 0.25) is 0 Å². The highest BCUT2D eigenvalue weighted by molar-refractivity contribution is 4.92. The van der Waals surface area contributed by atoms with Gasteiger partial charge in [-0.25, -0.2) is 0 Å². The second kappa shape index (κ2) is 11.1. The topological polar surface area (TPSA) is 20.2 Å². The molecule has 4 unspecified atom stereocenters. The largest absolute Gasteiger partial charge is 0.393 e. The molecule has 0 radical (unpaired) electrons. The fraction of sp³-hybridized carbons (Fsp3) is 1.00. The molecule has 0 aromatic carbocycles. The molecule has 0 aliphatic heterocycles. The van der Waals surface area contributed by atoms with Crippen LogP contribution in [0.1, 0.15) is 122 Å². The molecule has 1 heteroatoms. The van der Waals surface area contributed by atoms with Crippen LogP contribution in [0, 0.1) is 29.6 Å². The average Bonchev–Trinajstić information content (AvgIpc) is 2.67. The van der Waals surface area contributed by atoms with Gasteiger partial charge in [-0.05, 0) is 68.1 Å².